The Morgan fingerprint density at radius 3 is 2.35 bits per heavy atom. The molecule has 7 atom stereocenters. The van der Waals surface area contributed by atoms with Gasteiger partial charge in [0, 0.05) is 34.7 Å². The van der Waals surface area contributed by atoms with Gasteiger partial charge in [-0.2, -0.15) is 5.26 Å². The van der Waals surface area contributed by atoms with Gasteiger partial charge in [0.25, 0.3) is 0 Å². The Morgan fingerprint density at radius 1 is 0.957 bits per heavy atom. The van der Waals surface area contributed by atoms with E-state index in [2.05, 4.69) is 45.7 Å². The fourth-order valence-electron chi connectivity index (χ4n) is 11.5. The number of ketones is 2. The van der Waals surface area contributed by atoms with Crippen molar-refractivity contribution in [2.45, 2.75) is 93.4 Å². The van der Waals surface area contributed by atoms with Gasteiger partial charge in [-0.15, -0.1) is 0 Å². The van der Waals surface area contributed by atoms with Gasteiger partial charge in [0.1, 0.15) is 11.9 Å². The lowest BCUT2D eigenvalue weighted by molar-refractivity contribution is -0.164. The summed E-state index contributed by atoms with van der Waals surface area (Å²) in [6.45, 7) is 15.4. The Hall–Kier alpha value is -3.59. The summed E-state index contributed by atoms with van der Waals surface area (Å²) in [4.78, 5) is 47.9. The maximum Gasteiger partial charge on any atom is 0.238 e. The minimum absolute atomic E-state index is 0.00685. The summed E-state index contributed by atoms with van der Waals surface area (Å²) in [6, 6.07) is 12.1. The summed E-state index contributed by atoms with van der Waals surface area (Å²) >= 11 is 0. The molecule has 1 aromatic heterocycles. The number of Topliss-reactive ketones (excluding diaryl/α,β-unsaturated/α-hetero) is 1. The van der Waals surface area contributed by atoms with Gasteiger partial charge in [-0.05, 0) is 79.1 Å². The number of carbonyl (C=O) groups excluding carboxylic acids is 3. The molecule has 3 fully saturated rings. The van der Waals surface area contributed by atoms with E-state index < -0.39 is 16.2 Å². The number of nitriles is 1. The van der Waals surface area contributed by atoms with Crippen molar-refractivity contribution in [3.05, 3.63) is 66.0 Å². The van der Waals surface area contributed by atoms with E-state index in [1.54, 1.807) is 17.0 Å². The van der Waals surface area contributed by atoms with Crippen molar-refractivity contribution in [2.24, 2.45) is 50.2 Å². The van der Waals surface area contributed by atoms with Crippen LogP contribution in [0, 0.1) is 61.6 Å². The highest BCUT2D eigenvalue weighted by Gasteiger charge is 2.71. The van der Waals surface area contributed by atoms with Crippen LogP contribution in [0.2, 0.25) is 0 Å². The second-order valence-electron chi connectivity index (χ2n) is 17.2. The van der Waals surface area contributed by atoms with Crippen LogP contribution in [0.5, 0.6) is 0 Å². The van der Waals surface area contributed by atoms with Crippen LogP contribution in [0.25, 0.3) is 11.4 Å². The number of carbonyl (C=O) groups is 3. The third kappa shape index (κ3) is 3.87. The van der Waals surface area contributed by atoms with Gasteiger partial charge < -0.3 is 0 Å². The van der Waals surface area contributed by atoms with Crippen LogP contribution in [0.1, 0.15) is 98.2 Å². The minimum Gasteiger partial charge on any atom is -0.295 e. The molecule has 1 aromatic carbocycles. The first-order valence-corrected chi connectivity index (χ1v) is 17.1. The van der Waals surface area contributed by atoms with Crippen LogP contribution in [0.15, 0.2) is 66.0 Å². The van der Waals surface area contributed by atoms with Crippen molar-refractivity contribution in [1.82, 2.24) is 9.55 Å². The van der Waals surface area contributed by atoms with E-state index in [0.717, 1.165) is 56.1 Å². The first kappa shape index (κ1) is 31.0. The maximum atomic E-state index is 15.0. The van der Waals surface area contributed by atoms with Crippen LogP contribution in [-0.4, -0.2) is 27.0 Å². The molecule has 0 spiro atoms. The Morgan fingerprint density at radius 2 is 1.65 bits per heavy atom. The molecule has 0 bridgehead atoms. The molecular formula is C40H47N3O3. The third-order valence-electron chi connectivity index (χ3n) is 14.2. The maximum absolute atomic E-state index is 15.0. The van der Waals surface area contributed by atoms with Gasteiger partial charge in [-0.25, -0.2) is 4.98 Å². The number of imidazole rings is 1. The van der Waals surface area contributed by atoms with E-state index in [9.17, 15) is 14.9 Å². The number of aromatic nitrogens is 2. The molecular weight excluding hydrogens is 570 g/mol. The van der Waals surface area contributed by atoms with Crippen molar-refractivity contribution >= 4 is 17.5 Å². The van der Waals surface area contributed by atoms with Gasteiger partial charge in [0.15, 0.2) is 11.6 Å². The number of fused-ring (bicyclic) bond motifs is 7. The molecule has 7 rings (SSSR count). The highest BCUT2D eigenvalue weighted by atomic mass is 16.2. The lowest BCUT2D eigenvalue weighted by atomic mass is 9.34. The molecule has 0 radical (unpaired) electrons. The molecule has 5 aliphatic rings. The standard InChI is InChI=1S/C40H47N3O3/c1-35(2)15-17-40(34(46)43-20-19-42-33(43)25-11-9-8-10-12-25)18-16-39(7)31(27(40)23-35)28(44)21-30-37(5)22-26(24-41)32(45)36(3,4)29(37)13-14-38(30,39)6/h8-12,19-22,27,29,31H,13-18,23H2,1-7H3/t27?,29-,31?,37-,38?,39+,40-/m0/s1. The lowest BCUT2D eigenvalue weighted by Gasteiger charge is -2.69. The van der Waals surface area contributed by atoms with Crippen LogP contribution in [-0.2, 0) is 9.59 Å². The van der Waals surface area contributed by atoms with E-state index in [-0.39, 0.29) is 57.0 Å². The van der Waals surface area contributed by atoms with Crippen LogP contribution < -0.4 is 0 Å². The topological polar surface area (TPSA) is 92.8 Å². The summed E-state index contributed by atoms with van der Waals surface area (Å²) in [7, 11) is 0. The second-order valence-corrected chi connectivity index (χ2v) is 17.2. The van der Waals surface area contributed by atoms with Crippen molar-refractivity contribution in [3.8, 4) is 17.5 Å². The van der Waals surface area contributed by atoms with Crippen LogP contribution in [0.4, 0.5) is 0 Å². The summed E-state index contributed by atoms with van der Waals surface area (Å²) in [5, 5.41) is 10.0. The van der Waals surface area contributed by atoms with E-state index in [4.69, 9.17) is 0 Å². The third-order valence-corrected chi connectivity index (χ3v) is 14.2. The SMILES string of the molecule is CC1(C)CC[C@]2(C(=O)n3ccnc3-c3ccccc3)CC[C@]3(C)C(C(=O)C=C4C3(C)CC[C@H]3C(C)(C)C(=O)C(C#N)=C[C@]43C)C2C1. The predicted molar refractivity (Wildman–Crippen MR) is 177 cm³/mol. The molecule has 0 N–H and O–H groups in total. The van der Waals surface area contributed by atoms with E-state index in [1.165, 1.54) is 0 Å². The smallest absolute Gasteiger partial charge is 0.238 e. The zero-order valence-corrected chi connectivity index (χ0v) is 28.4. The molecule has 2 aromatic rings. The molecule has 240 valence electrons. The zero-order valence-electron chi connectivity index (χ0n) is 28.4. The molecule has 3 saturated carbocycles. The Labute approximate surface area is 273 Å². The quantitative estimate of drug-likeness (QED) is 0.337. The van der Waals surface area contributed by atoms with Gasteiger partial charge >= 0.3 is 0 Å². The first-order chi connectivity index (χ1) is 21.6. The summed E-state index contributed by atoms with van der Waals surface area (Å²) < 4.78 is 1.77. The molecule has 6 nitrogen and oxygen atoms in total. The van der Waals surface area contributed by atoms with Gasteiger partial charge in [-0.3, -0.25) is 19.0 Å². The predicted octanol–water partition coefficient (Wildman–Crippen LogP) is 8.41. The summed E-state index contributed by atoms with van der Waals surface area (Å²) in [6.07, 6.45) is 13.1. The minimum atomic E-state index is -0.694. The van der Waals surface area contributed by atoms with Crippen molar-refractivity contribution in [3.63, 3.8) is 0 Å². The number of rotatable bonds is 2. The highest BCUT2D eigenvalue weighted by Crippen LogP contribution is 2.74. The number of nitrogens with zero attached hydrogens (tertiary/aromatic N) is 3. The summed E-state index contributed by atoms with van der Waals surface area (Å²) in [5.41, 5.74) is -0.390. The fourth-order valence-corrected chi connectivity index (χ4v) is 11.5. The molecule has 6 heteroatoms. The average molecular weight is 618 g/mol. The van der Waals surface area contributed by atoms with E-state index >= 15 is 4.79 Å². The van der Waals surface area contributed by atoms with E-state index in [1.807, 2.05) is 56.3 Å². The van der Waals surface area contributed by atoms with Gasteiger partial charge in [0.05, 0.1) is 11.0 Å². The Kier molecular flexibility index (Phi) is 6.56. The largest absolute Gasteiger partial charge is 0.295 e. The number of allylic oxidation sites excluding steroid dienone is 4. The number of hydrogen-bond acceptors (Lipinski definition) is 5. The monoisotopic (exact) mass is 617 g/mol. The number of hydrogen-bond donors (Lipinski definition) is 0. The molecule has 5 aliphatic carbocycles. The zero-order chi connectivity index (χ0) is 33.1. The normalized spacial score (nSPS) is 39.0. The van der Waals surface area contributed by atoms with Crippen molar-refractivity contribution in [2.75, 3.05) is 0 Å². The molecule has 0 aliphatic heterocycles. The second kappa shape index (κ2) is 9.72. The van der Waals surface area contributed by atoms with Gasteiger partial charge in [-0.1, -0.05) is 90.4 Å². The molecule has 46 heavy (non-hydrogen) atoms. The number of benzene rings is 1. The van der Waals surface area contributed by atoms with E-state index in [0.29, 0.717) is 5.82 Å². The molecule has 0 saturated heterocycles. The Balaban J connectivity index is 1.37. The molecule has 1 heterocycles. The highest BCUT2D eigenvalue weighted by molar-refractivity contribution is 6.04. The molecule has 0 amide bonds. The van der Waals surface area contributed by atoms with Crippen LogP contribution in [0.3, 0.4) is 0 Å². The van der Waals surface area contributed by atoms with Crippen LogP contribution >= 0.6 is 0 Å². The van der Waals surface area contributed by atoms with Crippen molar-refractivity contribution in [1.29, 1.82) is 5.26 Å². The summed E-state index contributed by atoms with van der Waals surface area (Å²) in [5.74, 6) is 0.369. The lowest BCUT2D eigenvalue weighted by Crippen LogP contribution is -2.66. The van der Waals surface area contributed by atoms with Crippen molar-refractivity contribution < 1.29 is 14.4 Å². The van der Waals surface area contributed by atoms with Gasteiger partial charge in [0.2, 0.25) is 5.91 Å². The average Bonchev–Trinajstić information content (AvgIpc) is 3.50. The first-order valence-electron chi connectivity index (χ1n) is 17.1. The fraction of sp³-hybridized carbons (Fsp3) is 0.575. The molecule has 3 unspecified atom stereocenters. The Bertz CT molecular complexity index is 1770.